The zero-order chi connectivity index (χ0) is 19.9. The molecular formula is C22H27ClN4O2. The summed E-state index contributed by atoms with van der Waals surface area (Å²) in [5.41, 5.74) is 2.94. The lowest BCUT2D eigenvalue weighted by molar-refractivity contribution is 0.0951. The third-order valence-electron chi connectivity index (χ3n) is 4.46. The minimum Gasteiger partial charge on any atom is -0.497 e. The molecule has 0 aliphatic heterocycles. The lowest BCUT2D eigenvalue weighted by Crippen LogP contribution is -2.38. The Hall–Kier alpha value is -2.83. The smallest absolute Gasteiger partial charge is 0.255 e. The second-order valence-electron chi connectivity index (χ2n) is 6.57. The third-order valence-corrected chi connectivity index (χ3v) is 4.46. The number of nitrogens with one attached hydrogen (secondary N) is 2. The van der Waals surface area contributed by atoms with E-state index in [-0.39, 0.29) is 24.4 Å². The van der Waals surface area contributed by atoms with E-state index in [1.54, 1.807) is 18.0 Å². The molecule has 0 saturated carbocycles. The highest BCUT2D eigenvalue weighted by atomic mass is 35.5. The summed E-state index contributed by atoms with van der Waals surface area (Å²) < 4.78 is 6.97. The van der Waals surface area contributed by atoms with Crippen LogP contribution >= 0.6 is 12.4 Å². The average Bonchev–Trinajstić information content (AvgIpc) is 3.18. The maximum atomic E-state index is 12.9. The van der Waals surface area contributed by atoms with Gasteiger partial charge in [-0.1, -0.05) is 25.1 Å². The van der Waals surface area contributed by atoms with Gasteiger partial charge in [-0.05, 0) is 49.9 Å². The fourth-order valence-corrected chi connectivity index (χ4v) is 2.98. The molecule has 0 aliphatic rings. The second-order valence-corrected chi connectivity index (χ2v) is 6.57. The first kappa shape index (κ1) is 22.5. The first-order valence-corrected chi connectivity index (χ1v) is 9.43. The lowest BCUT2D eigenvalue weighted by atomic mass is 10.1. The molecule has 0 unspecified atom stereocenters. The predicted molar refractivity (Wildman–Crippen MR) is 118 cm³/mol. The molecule has 0 fully saturated rings. The highest BCUT2D eigenvalue weighted by Gasteiger charge is 2.19. The number of rotatable bonds is 8. The van der Waals surface area contributed by atoms with Crippen molar-refractivity contribution in [2.45, 2.75) is 19.9 Å². The van der Waals surface area contributed by atoms with Crippen LogP contribution in [0.25, 0.3) is 16.9 Å². The van der Waals surface area contributed by atoms with Crippen molar-refractivity contribution in [1.82, 2.24) is 20.4 Å². The van der Waals surface area contributed by atoms with E-state index in [0.29, 0.717) is 17.8 Å². The molecule has 154 valence electrons. The van der Waals surface area contributed by atoms with Crippen molar-refractivity contribution >= 4 is 18.3 Å². The van der Waals surface area contributed by atoms with Crippen LogP contribution < -0.4 is 15.4 Å². The molecular weight excluding hydrogens is 388 g/mol. The van der Waals surface area contributed by atoms with Crippen molar-refractivity contribution in [1.29, 1.82) is 0 Å². The maximum absolute atomic E-state index is 12.9. The molecule has 7 heteroatoms. The summed E-state index contributed by atoms with van der Waals surface area (Å²) >= 11 is 0. The van der Waals surface area contributed by atoms with E-state index in [0.717, 1.165) is 23.5 Å². The van der Waals surface area contributed by atoms with E-state index in [1.807, 2.05) is 68.4 Å². The van der Waals surface area contributed by atoms with Gasteiger partial charge in [-0.15, -0.1) is 12.4 Å². The number of hydrogen-bond acceptors (Lipinski definition) is 4. The Morgan fingerprint density at radius 1 is 1.14 bits per heavy atom. The number of ether oxygens (including phenoxy) is 1. The van der Waals surface area contributed by atoms with Crippen molar-refractivity contribution in [3.05, 3.63) is 66.4 Å². The van der Waals surface area contributed by atoms with Crippen molar-refractivity contribution in [3.8, 4) is 22.7 Å². The van der Waals surface area contributed by atoms with Gasteiger partial charge in [-0.3, -0.25) is 4.79 Å². The molecule has 2 N–H and O–H groups in total. The SMILES string of the molecule is CCN[C@H](C)CNC(=O)c1cn(-c2ccccc2)nc1-c1ccc(OC)cc1.Cl. The van der Waals surface area contributed by atoms with Gasteiger partial charge >= 0.3 is 0 Å². The number of likely N-dealkylation sites (N-methyl/N-ethyl adjacent to an activating group) is 1. The van der Waals surface area contributed by atoms with E-state index < -0.39 is 0 Å². The number of methoxy groups -OCH3 is 1. The summed E-state index contributed by atoms with van der Waals surface area (Å²) in [4.78, 5) is 12.9. The number of hydrogen-bond donors (Lipinski definition) is 2. The molecule has 0 aliphatic carbocycles. The van der Waals surface area contributed by atoms with E-state index in [2.05, 4.69) is 10.6 Å². The summed E-state index contributed by atoms with van der Waals surface area (Å²) in [6.45, 7) is 5.50. The third kappa shape index (κ3) is 5.59. The Labute approximate surface area is 177 Å². The van der Waals surface area contributed by atoms with Crippen LogP contribution in [0.3, 0.4) is 0 Å². The fraction of sp³-hybridized carbons (Fsp3) is 0.273. The minimum absolute atomic E-state index is 0. The Morgan fingerprint density at radius 3 is 2.45 bits per heavy atom. The first-order valence-electron chi connectivity index (χ1n) is 9.43. The number of carbonyl (C=O) groups is 1. The summed E-state index contributed by atoms with van der Waals surface area (Å²) in [6, 6.07) is 17.5. The summed E-state index contributed by atoms with van der Waals surface area (Å²) in [5.74, 6) is 0.620. The Morgan fingerprint density at radius 2 is 1.83 bits per heavy atom. The van der Waals surface area contributed by atoms with Crippen LogP contribution in [0.5, 0.6) is 5.75 Å². The van der Waals surface area contributed by atoms with Crippen LogP contribution in [0.1, 0.15) is 24.2 Å². The molecule has 3 rings (SSSR count). The molecule has 6 nitrogen and oxygen atoms in total. The topological polar surface area (TPSA) is 68.2 Å². The van der Waals surface area contributed by atoms with E-state index >= 15 is 0 Å². The summed E-state index contributed by atoms with van der Waals surface area (Å²) in [6.07, 6.45) is 1.78. The fourth-order valence-electron chi connectivity index (χ4n) is 2.98. The number of aromatic nitrogens is 2. The number of amides is 1. The van der Waals surface area contributed by atoms with Crippen molar-refractivity contribution < 1.29 is 9.53 Å². The van der Waals surface area contributed by atoms with Crippen molar-refractivity contribution in [2.24, 2.45) is 0 Å². The van der Waals surface area contributed by atoms with Gasteiger partial charge in [0.1, 0.15) is 11.4 Å². The second kappa shape index (κ2) is 10.6. The number of para-hydroxylation sites is 1. The molecule has 29 heavy (non-hydrogen) atoms. The zero-order valence-corrected chi connectivity index (χ0v) is 17.7. The highest BCUT2D eigenvalue weighted by Crippen LogP contribution is 2.25. The number of halogens is 1. The molecule has 3 aromatic rings. The maximum Gasteiger partial charge on any atom is 0.255 e. The van der Waals surface area contributed by atoms with Crippen molar-refractivity contribution in [3.63, 3.8) is 0 Å². The van der Waals surface area contributed by atoms with Gasteiger partial charge in [0.15, 0.2) is 0 Å². The van der Waals surface area contributed by atoms with Gasteiger partial charge in [-0.2, -0.15) is 5.10 Å². The molecule has 0 saturated heterocycles. The Bertz CT molecular complexity index is 910. The van der Waals surface area contributed by atoms with Crippen LogP contribution in [0, 0.1) is 0 Å². The Kier molecular flexibility index (Phi) is 8.24. The van der Waals surface area contributed by atoms with Gasteiger partial charge < -0.3 is 15.4 Å². The zero-order valence-electron chi connectivity index (χ0n) is 16.9. The molecule has 0 bridgehead atoms. The standard InChI is InChI=1S/C22H26N4O2.ClH/c1-4-23-16(2)14-24-22(27)20-15-26(18-8-6-5-7-9-18)25-21(20)17-10-12-19(28-3)13-11-17;/h5-13,15-16,23H,4,14H2,1-3H3,(H,24,27);1H/t16-;/m1./s1. The number of nitrogens with zero attached hydrogens (tertiary/aromatic N) is 2. The van der Waals surface area contributed by atoms with E-state index in [9.17, 15) is 4.79 Å². The predicted octanol–water partition coefficient (Wildman–Crippen LogP) is 3.70. The number of benzene rings is 2. The van der Waals surface area contributed by atoms with Gasteiger partial charge in [0, 0.05) is 24.3 Å². The monoisotopic (exact) mass is 414 g/mol. The molecule has 1 heterocycles. The minimum atomic E-state index is -0.141. The van der Waals surface area contributed by atoms with Crippen LogP contribution in [-0.4, -0.2) is 41.9 Å². The van der Waals surface area contributed by atoms with E-state index in [1.165, 1.54) is 0 Å². The van der Waals surface area contributed by atoms with Gasteiger partial charge in [0.05, 0.1) is 18.4 Å². The molecule has 1 atom stereocenters. The van der Waals surface area contributed by atoms with Gasteiger partial charge in [-0.25, -0.2) is 4.68 Å². The number of carbonyl (C=O) groups excluding carboxylic acids is 1. The van der Waals surface area contributed by atoms with Crippen LogP contribution in [0.2, 0.25) is 0 Å². The largest absolute Gasteiger partial charge is 0.497 e. The highest BCUT2D eigenvalue weighted by molar-refractivity contribution is 6.00. The summed E-state index contributed by atoms with van der Waals surface area (Å²) in [5, 5.41) is 11.0. The molecule has 1 aromatic heterocycles. The van der Waals surface area contributed by atoms with E-state index in [4.69, 9.17) is 9.84 Å². The quantitative estimate of drug-likeness (QED) is 0.589. The first-order chi connectivity index (χ1) is 13.6. The van der Waals surface area contributed by atoms with Gasteiger partial charge in [0.2, 0.25) is 0 Å². The summed E-state index contributed by atoms with van der Waals surface area (Å²) in [7, 11) is 1.63. The van der Waals surface area contributed by atoms with Crippen LogP contribution in [0.4, 0.5) is 0 Å². The molecule has 0 spiro atoms. The van der Waals surface area contributed by atoms with Crippen molar-refractivity contribution in [2.75, 3.05) is 20.2 Å². The normalized spacial score (nSPS) is 11.4. The van der Waals surface area contributed by atoms with Crippen LogP contribution in [-0.2, 0) is 0 Å². The molecule has 1 amide bonds. The van der Waals surface area contributed by atoms with Crippen LogP contribution in [0.15, 0.2) is 60.8 Å². The Balaban J connectivity index is 0.00000300. The van der Waals surface area contributed by atoms with Gasteiger partial charge in [0.25, 0.3) is 5.91 Å². The lowest BCUT2D eigenvalue weighted by Gasteiger charge is -2.13. The average molecular weight is 415 g/mol. The molecule has 0 radical (unpaired) electrons. The molecule has 2 aromatic carbocycles.